The van der Waals surface area contributed by atoms with Gasteiger partial charge in [-0.15, -0.1) is 0 Å². The Morgan fingerprint density at radius 2 is 1.74 bits per heavy atom. The van der Waals surface area contributed by atoms with Crippen molar-refractivity contribution in [3.8, 4) is 5.75 Å². The fourth-order valence-corrected chi connectivity index (χ4v) is 2.31. The zero-order valence-electron chi connectivity index (χ0n) is 15.2. The topological polar surface area (TPSA) is 67.4 Å². The lowest BCUT2D eigenvalue weighted by atomic mass is 10.2. The highest BCUT2D eigenvalue weighted by Gasteiger charge is 2.12. The van der Waals surface area contributed by atoms with E-state index in [-0.39, 0.29) is 30.5 Å². The summed E-state index contributed by atoms with van der Waals surface area (Å²) in [5, 5.41) is 5.17. The summed E-state index contributed by atoms with van der Waals surface area (Å²) in [5.41, 5.74) is 0.650. The zero-order valence-corrected chi connectivity index (χ0v) is 15.2. The molecular formula is C20H22F2N2O3. The van der Waals surface area contributed by atoms with Crippen molar-refractivity contribution >= 4 is 11.8 Å². The number of rotatable bonds is 8. The lowest BCUT2D eigenvalue weighted by Crippen LogP contribution is -2.31. The number of carbonyl (C=O) groups is 2. The molecule has 0 unspecified atom stereocenters. The van der Waals surface area contributed by atoms with Gasteiger partial charge < -0.3 is 15.4 Å². The van der Waals surface area contributed by atoms with Crippen LogP contribution in [0, 0.1) is 11.6 Å². The second kappa shape index (κ2) is 9.66. The number of hydrogen-bond donors (Lipinski definition) is 2. The summed E-state index contributed by atoms with van der Waals surface area (Å²) in [5.74, 6) is -1.89. The SMILES string of the molecule is CC(C)Oc1ccc(CNC(=O)CCNC(=O)c2ccc(F)cc2F)cc1. The number of halogens is 2. The van der Waals surface area contributed by atoms with Crippen molar-refractivity contribution in [3.63, 3.8) is 0 Å². The van der Waals surface area contributed by atoms with Gasteiger partial charge in [-0.25, -0.2) is 8.78 Å². The lowest BCUT2D eigenvalue weighted by molar-refractivity contribution is -0.121. The van der Waals surface area contributed by atoms with Crippen molar-refractivity contribution in [1.82, 2.24) is 10.6 Å². The summed E-state index contributed by atoms with van der Waals surface area (Å²) in [6.45, 7) is 4.28. The van der Waals surface area contributed by atoms with Gasteiger partial charge >= 0.3 is 0 Å². The lowest BCUT2D eigenvalue weighted by Gasteiger charge is -2.10. The third kappa shape index (κ3) is 6.69. The second-order valence-electron chi connectivity index (χ2n) is 6.22. The number of benzene rings is 2. The molecular weight excluding hydrogens is 354 g/mol. The predicted molar refractivity (Wildman–Crippen MR) is 97.4 cm³/mol. The number of ether oxygens (including phenoxy) is 1. The van der Waals surface area contributed by atoms with E-state index in [2.05, 4.69) is 10.6 Å². The van der Waals surface area contributed by atoms with E-state index in [4.69, 9.17) is 4.74 Å². The Kier molecular flexibility index (Phi) is 7.28. The molecule has 0 atom stereocenters. The Labute approximate surface area is 156 Å². The van der Waals surface area contributed by atoms with Crippen molar-refractivity contribution in [1.29, 1.82) is 0 Å². The molecule has 5 nitrogen and oxygen atoms in total. The first-order valence-electron chi connectivity index (χ1n) is 8.60. The molecule has 0 heterocycles. The molecule has 2 amide bonds. The molecule has 7 heteroatoms. The van der Waals surface area contributed by atoms with Gasteiger partial charge in [0.1, 0.15) is 17.4 Å². The van der Waals surface area contributed by atoms with Gasteiger partial charge in [0.2, 0.25) is 5.91 Å². The van der Waals surface area contributed by atoms with E-state index in [1.807, 2.05) is 38.1 Å². The van der Waals surface area contributed by atoms with Crippen molar-refractivity contribution in [2.45, 2.75) is 32.9 Å². The van der Waals surface area contributed by atoms with E-state index in [1.165, 1.54) is 0 Å². The highest BCUT2D eigenvalue weighted by molar-refractivity contribution is 5.94. The maximum atomic E-state index is 13.5. The van der Waals surface area contributed by atoms with Crippen LogP contribution in [0.15, 0.2) is 42.5 Å². The first kappa shape index (κ1) is 20.4. The minimum atomic E-state index is -0.943. The molecule has 0 fully saturated rings. The Morgan fingerprint density at radius 3 is 2.37 bits per heavy atom. The molecule has 0 aliphatic heterocycles. The monoisotopic (exact) mass is 376 g/mol. The van der Waals surface area contributed by atoms with Crippen molar-refractivity contribution < 1.29 is 23.1 Å². The molecule has 27 heavy (non-hydrogen) atoms. The summed E-state index contributed by atoms with van der Waals surface area (Å²) >= 11 is 0. The number of hydrogen-bond acceptors (Lipinski definition) is 3. The van der Waals surface area contributed by atoms with Crippen LogP contribution in [0.25, 0.3) is 0 Å². The highest BCUT2D eigenvalue weighted by atomic mass is 19.1. The Morgan fingerprint density at radius 1 is 1.04 bits per heavy atom. The van der Waals surface area contributed by atoms with Crippen LogP contribution in [-0.2, 0) is 11.3 Å². The zero-order chi connectivity index (χ0) is 19.8. The molecule has 0 aromatic heterocycles. The Balaban J connectivity index is 1.72. The molecule has 0 aliphatic rings. The summed E-state index contributed by atoms with van der Waals surface area (Å²) in [4.78, 5) is 23.7. The molecule has 2 aromatic carbocycles. The van der Waals surface area contributed by atoms with Crippen LogP contribution in [0.5, 0.6) is 5.75 Å². The average molecular weight is 376 g/mol. The Hall–Kier alpha value is -2.96. The first-order chi connectivity index (χ1) is 12.8. The van der Waals surface area contributed by atoms with Crippen molar-refractivity contribution in [2.24, 2.45) is 0 Å². The van der Waals surface area contributed by atoms with E-state index in [1.54, 1.807) is 0 Å². The summed E-state index contributed by atoms with van der Waals surface area (Å²) in [6, 6.07) is 10.1. The predicted octanol–water partition coefficient (Wildman–Crippen LogP) is 3.19. The van der Waals surface area contributed by atoms with Crippen LogP contribution in [-0.4, -0.2) is 24.5 Å². The molecule has 0 bridgehead atoms. The minimum Gasteiger partial charge on any atom is -0.491 e. The summed E-state index contributed by atoms with van der Waals surface area (Å²) in [7, 11) is 0. The van der Waals surface area contributed by atoms with Gasteiger partial charge in [-0.3, -0.25) is 9.59 Å². The molecule has 2 aromatic rings. The number of amides is 2. The third-order valence-electron chi connectivity index (χ3n) is 3.60. The van der Waals surface area contributed by atoms with Gasteiger partial charge in [-0.2, -0.15) is 0 Å². The quantitative estimate of drug-likeness (QED) is 0.744. The van der Waals surface area contributed by atoms with Crippen molar-refractivity contribution in [2.75, 3.05) is 6.54 Å². The van der Waals surface area contributed by atoms with E-state index >= 15 is 0 Å². The number of nitrogens with one attached hydrogen (secondary N) is 2. The first-order valence-corrected chi connectivity index (χ1v) is 8.60. The molecule has 144 valence electrons. The molecule has 0 aliphatic carbocycles. The largest absolute Gasteiger partial charge is 0.491 e. The maximum Gasteiger partial charge on any atom is 0.254 e. The number of carbonyl (C=O) groups excluding carboxylic acids is 2. The van der Waals surface area contributed by atoms with Gasteiger partial charge in [-0.1, -0.05) is 12.1 Å². The van der Waals surface area contributed by atoms with Crippen LogP contribution < -0.4 is 15.4 Å². The Bertz CT molecular complexity index is 792. The normalized spacial score (nSPS) is 10.6. The molecule has 0 saturated carbocycles. The van der Waals surface area contributed by atoms with Crippen LogP contribution in [0.1, 0.15) is 36.2 Å². The molecule has 0 spiro atoms. The van der Waals surface area contributed by atoms with Crippen LogP contribution in [0.3, 0.4) is 0 Å². The minimum absolute atomic E-state index is 0.0443. The molecule has 2 N–H and O–H groups in total. The van der Waals surface area contributed by atoms with E-state index < -0.39 is 17.5 Å². The fourth-order valence-electron chi connectivity index (χ4n) is 2.31. The van der Waals surface area contributed by atoms with E-state index in [0.29, 0.717) is 12.6 Å². The van der Waals surface area contributed by atoms with Crippen LogP contribution in [0.2, 0.25) is 0 Å². The second-order valence-corrected chi connectivity index (χ2v) is 6.22. The van der Waals surface area contributed by atoms with Crippen molar-refractivity contribution in [3.05, 3.63) is 65.2 Å². The van der Waals surface area contributed by atoms with Crippen LogP contribution in [0.4, 0.5) is 8.78 Å². The van der Waals surface area contributed by atoms with E-state index in [9.17, 15) is 18.4 Å². The molecule has 0 saturated heterocycles. The molecule has 2 rings (SSSR count). The highest BCUT2D eigenvalue weighted by Crippen LogP contribution is 2.13. The summed E-state index contributed by atoms with van der Waals surface area (Å²) < 4.78 is 31.9. The standard InChI is InChI=1S/C20H22F2N2O3/c1-13(2)27-16-6-3-14(4-7-16)12-24-19(25)9-10-23-20(26)17-8-5-15(21)11-18(17)22/h3-8,11,13H,9-10,12H2,1-2H3,(H,23,26)(H,24,25). The molecule has 0 radical (unpaired) electrons. The fraction of sp³-hybridized carbons (Fsp3) is 0.300. The van der Waals surface area contributed by atoms with Gasteiger partial charge in [-0.05, 0) is 43.7 Å². The van der Waals surface area contributed by atoms with Gasteiger partial charge in [0, 0.05) is 25.6 Å². The maximum absolute atomic E-state index is 13.5. The summed E-state index contributed by atoms with van der Waals surface area (Å²) in [6.07, 6.45) is 0.137. The van der Waals surface area contributed by atoms with Gasteiger partial charge in [0.25, 0.3) is 5.91 Å². The third-order valence-corrected chi connectivity index (χ3v) is 3.60. The average Bonchev–Trinajstić information content (AvgIpc) is 2.60. The smallest absolute Gasteiger partial charge is 0.254 e. The van der Waals surface area contributed by atoms with E-state index in [0.717, 1.165) is 23.4 Å². The van der Waals surface area contributed by atoms with Crippen LogP contribution >= 0.6 is 0 Å². The van der Waals surface area contributed by atoms with Gasteiger partial charge in [0.15, 0.2) is 0 Å². The van der Waals surface area contributed by atoms with Gasteiger partial charge in [0.05, 0.1) is 11.7 Å².